The molecule has 0 aliphatic carbocycles. The van der Waals surface area contributed by atoms with Crippen molar-refractivity contribution < 1.29 is 4.79 Å². The normalized spacial score (nSPS) is 24.1. The molecule has 2 aliphatic heterocycles. The molecule has 0 aromatic carbocycles. The summed E-state index contributed by atoms with van der Waals surface area (Å²) in [5, 5.41) is 0. The molecule has 1 aromatic heterocycles. The van der Waals surface area contributed by atoms with Crippen LogP contribution in [0.15, 0.2) is 22.9 Å². The van der Waals surface area contributed by atoms with E-state index in [4.69, 9.17) is 0 Å². The highest BCUT2D eigenvalue weighted by molar-refractivity contribution is 9.10. The predicted octanol–water partition coefficient (Wildman–Crippen LogP) is 2.15. The maximum Gasteiger partial charge on any atom is 0.256 e. The van der Waals surface area contributed by atoms with Gasteiger partial charge in [0.2, 0.25) is 0 Å². The minimum Gasteiger partial charge on any atom is -0.337 e. The van der Waals surface area contributed by atoms with Crippen LogP contribution in [0.3, 0.4) is 0 Å². The average molecular weight is 324 g/mol. The van der Waals surface area contributed by atoms with E-state index in [1.54, 1.807) is 6.20 Å². The Morgan fingerprint density at radius 2 is 2.11 bits per heavy atom. The molecule has 0 bridgehead atoms. The Kier molecular flexibility index (Phi) is 3.84. The molecule has 4 nitrogen and oxygen atoms in total. The molecule has 0 spiro atoms. The number of nitrogens with zero attached hydrogens (tertiary/aromatic N) is 3. The van der Waals surface area contributed by atoms with E-state index in [1.165, 1.54) is 25.9 Å². The van der Waals surface area contributed by atoms with Gasteiger partial charge in [-0.05, 0) is 60.4 Å². The van der Waals surface area contributed by atoms with Crippen molar-refractivity contribution in [3.8, 4) is 0 Å². The monoisotopic (exact) mass is 323 g/mol. The van der Waals surface area contributed by atoms with Crippen LogP contribution in [0.1, 0.15) is 29.6 Å². The van der Waals surface area contributed by atoms with Crippen LogP contribution in [-0.2, 0) is 0 Å². The molecule has 3 heterocycles. The molecule has 1 atom stereocenters. The number of likely N-dealkylation sites (tertiary alicyclic amines) is 2. The maximum atomic E-state index is 12.5. The number of carbonyl (C=O) groups is 1. The van der Waals surface area contributed by atoms with E-state index in [2.05, 4.69) is 25.8 Å². The van der Waals surface area contributed by atoms with E-state index >= 15 is 0 Å². The third kappa shape index (κ3) is 2.67. The van der Waals surface area contributed by atoms with Gasteiger partial charge in [0.25, 0.3) is 5.91 Å². The van der Waals surface area contributed by atoms with Crippen molar-refractivity contribution >= 4 is 21.8 Å². The fraction of sp³-hybridized carbons (Fsp3) is 0.571. The van der Waals surface area contributed by atoms with Crippen molar-refractivity contribution in [1.82, 2.24) is 14.8 Å². The smallest absolute Gasteiger partial charge is 0.256 e. The van der Waals surface area contributed by atoms with E-state index in [0.717, 1.165) is 19.5 Å². The van der Waals surface area contributed by atoms with Crippen LogP contribution in [0.25, 0.3) is 0 Å². The second kappa shape index (κ2) is 5.59. The highest BCUT2D eigenvalue weighted by atomic mass is 79.9. The summed E-state index contributed by atoms with van der Waals surface area (Å²) in [6, 6.07) is 4.20. The molecule has 2 fully saturated rings. The summed E-state index contributed by atoms with van der Waals surface area (Å²) in [6.07, 6.45) is 5.40. The molecule has 0 N–H and O–H groups in total. The Bertz CT molecular complexity index is 474. The highest BCUT2D eigenvalue weighted by Crippen LogP contribution is 2.23. The zero-order chi connectivity index (χ0) is 13.2. The molecule has 1 amide bonds. The molecular formula is C14H18BrN3O. The van der Waals surface area contributed by atoms with E-state index in [9.17, 15) is 4.79 Å². The topological polar surface area (TPSA) is 36.4 Å². The van der Waals surface area contributed by atoms with Gasteiger partial charge in [-0.2, -0.15) is 0 Å². The van der Waals surface area contributed by atoms with Crippen LogP contribution in [0.2, 0.25) is 0 Å². The maximum absolute atomic E-state index is 12.5. The number of pyridine rings is 1. The van der Waals surface area contributed by atoms with Gasteiger partial charge in [0.15, 0.2) is 0 Å². The standard InChI is InChI=1S/C14H18BrN3O/c15-13-12(4-3-6-16-13)14(19)18-9-5-11(10-18)17-7-1-2-8-17/h3-4,6,11H,1-2,5,7-10H2. The summed E-state index contributed by atoms with van der Waals surface area (Å²) in [4.78, 5) is 21.1. The fourth-order valence-corrected chi connectivity index (χ4v) is 3.47. The Hall–Kier alpha value is -0.940. The number of hydrogen-bond donors (Lipinski definition) is 0. The third-order valence-corrected chi connectivity index (χ3v) is 4.73. The molecule has 2 saturated heterocycles. The Morgan fingerprint density at radius 1 is 1.32 bits per heavy atom. The summed E-state index contributed by atoms with van der Waals surface area (Å²) in [5.74, 6) is 0.0988. The molecule has 1 aromatic rings. The van der Waals surface area contributed by atoms with Gasteiger partial charge in [-0.25, -0.2) is 4.98 Å². The first kappa shape index (κ1) is 13.1. The first-order valence-corrected chi connectivity index (χ1v) is 7.69. The van der Waals surface area contributed by atoms with Crippen LogP contribution in [0.5, 0.6) is 0 Å². The lowest BCUT2D eigenvalue weighted by molar-refractivity contribution is 0.0778. The number of amides is 1. The number of rotatable bonds is 2. The molecule has 0 radical (unpaired) electrons. The van der Waals surface area contributed by atoms with Crippen LogP contribution in [0.4, 0.5) is 0 Å². The van der Waals surface area contributed by atoms with Crippen molar-refractivity contribution in [2.24, 2.45) is 0 Å². The molecule has 102 valence electrons. The first-order valence-electron chi connectivity index (χ1n) is 6.89. The second-order valence-corrected chi connectivity index (χ2v) is 6.03. The Morgan fingerprint density at radius 3 is 2.84 bits per heavy atom. The molecule has 5 heteroatoms. The van der Waals surface area contributed by atoms with Crippen LogP contribution < -0.4 is 0 Å². The number of carbonyl (C=O) groups excluding carboxylic acids is 1. The minimum absolute atomic E-state index is 0.0988. The zero-order valence-electron chi connectivity index (χ0n) is 10.9. The molecular weight excluding hydrogens is 306 g/mol. The van der Waals surface area contributed by atoms with Crippen molar-refractivity contribution in [1.29, 1.82) is 0 Å². The van der Waals surface area contributed by atoms with E-state index in [1.807, 2.05) is 17.0 Å². The number of hydrogen-bond acceptors (Lipinski definition) is 3. The summed E-state index contributed by atoms with van der Waals surface area (Å²) < 4.78 is 0.643. The molecule has 3 rings (SSSR count). The fourth-order valence-electron chi connectivity index (χ4n) is 3.05. The molecule has 1 unspecified atom stereocenters. The summed E-state index contributed by atoms with van der Waals surface area (Å²) in [6.45, 7) is 4.12. The van der Waals surface area contributed by atoms with Gasteiger partial charge in [-0.3, -0.25) is 9.69 Å². The summed E-state index contributed by atoms with van der Waals surface area (Å²) in [7, 11) is 0. The first-order chi connectivity index (χ1) is 9.25. The van der Waals surface area contributed by atoms with Gasteiger partial charge in [-0.15, -0.1) is 0 Å². The number of aromatic nitrogens is 1. The summed E-state index contributed by atoms with van der Waals surface area (Å²) >= 11 is 3.36. The van der Waals surface area contributed by atoms with Crippen LogP contribution in [0, 0.1) is 0 Å². The van der Waals surface area contributed by atoms with Gasteiger partial charge in [0.1, 0.15) is 4.60 Å². The molecule has 0 saturated carbocycles. The van der Waals surface area contributed by atoms with Gasteiger partial charge < -0.3 is 4.90 Å². The van der Waals surface area contributed by atoms with Gasteiger partial charge in [0, 0.05) is 25.3 Å². The quantitative estimate of drug-likeness (QED) is 0.782. The molecule has 19 heavy (non-hydrogen) atoms. The van der Waals surface area contributed by atoms with E-state index in [-0.39, 0.29) is 5.91 Å². The Balaban J connectivity index is 1.67. The van der Waals surface area contributed by atoms with Gasteiger partial charge in [0.05, 0.1) is 5.56 Å². The largest absolute Gasteiger partial charge is 0.337 e. The SMILES string of the molecule is O=C(c1cccnc1Br)N1CCC(N2CCCC2)C1. The average Bonchev–Trinajstić information content (AvgIpc) is 3.09. The lowest BCUT2D eigenvalue weighted by atomic mass is 10.2. The second-order valence-electron chi connectivity index (χ2n) is 5.28. The minimum atomic E-state index is 0.0988. The van der Waals surface area contributed by atoms with Crippen LogP contribution in [-0.4, -0.2) is 52.9 Å². The van der Waals surface area contributed by atoms with Crippen molar-refractivity contribution in [2.45, 2.75) is 25.3 Å². The van der Waals surface area contributed by atoms with Gasteiger partial charge in [-0.1, -0.05) is 0 Å². The highest BCUT2D eigenvalue weighted by Gasteiger charge is 2.32. The predicted molar refractivity (Wildman–Crippen MR) is 77.1 cm³/mol. The van der Waals surface area contributed by atoms with Crippen molar-refractivity contribution in [2.75, 3.05) is 26.2 Å². The summed E-state index contributed by atoms with van der Waals surface area (Å²) in [5.41, 5.74) is 0.671. The van der Waals surface area contributed by atoms with E-state index < -0.39 is 0 Å². The lowest BCUT2D eigenvalue weighted by Crippen LogP contribution is -2.37. The third-order valence-electron chi connectivity index (χ3n) is 4.10. The van der Waals surface area contributed by atoms with Crippen LogP contribution >= 0.6 is 15.9 Å². The van der Waals surface area contributed by atoms with Crippen molar-refractivity contribution in [3.05, 3.63) is 28.5 Å². The zero-order valence-corrected chi connectivity index (χ0v) is 12.5. The number of halogens is 1. The lowest BCUT2D eigenvalue weighted by Gasteiger charge is -2.23. The van der Waals surface area contributed by atoms with Gasteiger partial charge >= 0.3 is 0 Å². The van der Waals surface area contributed by atoms with E-state index in [0.29, 0.717) is 16.2 Å². The van der Waals surface area contributed by atoms with Crippen molar-refractivity contribution in [3.63, 3.8) is 0 Å². The molecule has 2 aliphatic rings. The Labute approximate surface area is 121 Å².